The third-order valence-electron chi connectivity index (χ3n) is 5.69. The van der Waals surface area contributed by atoms with Crippen molar-refractivity contribution in [3.8, 4) is 11.1 Å². The van der Waals surface area contributed by atoms with Gasteiger partial charge in [-0.05, 0) is 37.1 Å². The van der Waals surface area contributed by atoms with Gasteiger partial charge in [0.2, 0.25) is 0 Å². The molecule has 1 saturated heterocycles. The smallest absolute Gasteiger partial charge is 0.253 e. The highest BCUT2D eigenvalue weighted by atomic mass is 19.1. The third-order valence-corrected chi connectivity index (χ3v) is 5.69. The second-order valence-electron chi connectivity index (χ2n) is 8.24. The first kappa shape index (κ1) is 20.5. The summed E-state index contributed by atoms with van der Waals surface area (Å²) >= 11 is 0. The summed E-state index contributed by atoms with van der Waals surface area (Å²) in [4.78, 5) is 13.1. The molecule has 158 valence electrons. The van der Waals surface area contributed by atoms with Gasteiger partial charge in [-0.2, -0.15) is 5.10 Å². The molecule has 0 saturated carbocycles. The number of aryl methyl sites for hydroxylation is 1. The van der Waals surface area contributed by atoms with Crippen LogP contribution in [-0.4, -0.2) is 34.8 Å². The zero-order valence-corrected chi connectivity index (χ0v) is 17.5. The van der Waals surface area contributed by atoms with E-state index in [0.29, 0.717) is 41.2 Å². The summed E-state index contributed by atoms with van der Waals surface area (Å²) in [5.74, 6) is -1.28. The molecule has 1 aliphatic heterocycles. The van der Waals surface area contributed by atoms with Crippen molar-refractivity contribution in [3.63, 3.8) is 0 Å². The van der Waals surface area contributed by atoms with E-state index in [0.717, 1.165) is 0 Å². The maximum absolute atomic E-state index is 14.5. The SMILES string of the molecule is Cc1nn2c(C(C)C)c(C(=O)N[C@H]3COC[C@H]3C)ccc2c1-c1c(F)cccc1F. The highest BCUT2D eigenvalue weighted by Crippen LogP contribution is 2.34. The number of fused-ring (bicyclic) bond motifs is 1. The predicted molar refractivity (Wildman–Crippen MR) is 111 cm³/mol. The molecule has 0 unspecified atom stereocenters. The monoisotopic (exact) mass is 413 g/mol. The molecule has 3 heterocycles. The van der Waals surface area contributed by atoms with Gasteiger partial charge >= 0.3 is 0 Å². The maximum atomic E-state index is 14.5. The number of aromatic nitrogens is 2. The highest BCUT2D eigenvalue weighted by molar-refractivity contribution is 5.97. The second kappa shape index (κ2) is 7.80. The number of nitrogens with one attached hydrogen (secondary N) is 1. The molecule has 5 nitrogen and oxygen atoms in total. The van der Waals surface area contributed by atoms with Gasteiger partial charge in [-0.25, -0.2) is 13.3 Å². The van der Waals surface area contributed by atoms with Gasteiger partial charge in [0.15, 0.2) is 0 Å². The van der Waals surface area contributed by atoms with Crippen LogP contribution in [0.2, 0.25) is 0 Å². The Morgan fingerprint density at radius 2 is 1.87 bits per heavy atom. The average molecular weight is 413 g/mol. The summed E-state index contributed by atoms with van der Waals surface area (Å²) < 4.78 is 36.1. The molecule has 0 spiro atoms. The second-order valence-corrected chi connectivity index (χ2v) is 8.24. The first-order valence-corrected chi connectivity index (χ1v) is 10.1. The van der Waals surface area contributed by atoms with Crippen molar-refractivity contribution in [3.05, 3.63) is 58.9 Å². The van der Waals surface area contributed by atoms with E-state index in [4.69, 9.17) is 4.74 Å². The summed E-state index contributed by atoms with van der Waals surface area (Å²) in [7, 11) is 0. The third kappa shape index (κ3) is 3.37. The number of rotatable bonds is 4. The van der Waals surface area contributed by atoms with E-state index in [1.807, 2.05) is 20.8 Å². The summed E-state index contributed by atoms with van der Waals surface area (Å²) in [6, 6.07) is 7.18. The zero-order chi connectivity index (χ0) is 21.6. The molecule has 1 fully saturated rings. The van der Waals surface area contributed by atoms with Crippen LogP contribution in [0.3, 0.4) is 0 Å². The van der Waals surface area contributed by atoms with Crippen LogP contribution < -0.4 is 5.32 Å². The fourth-order valence-electron chi connectivity index (χ4n) is 4.13. The van der Waals surface area contributed by atoms with E-state index in [-0.39, 0.29) is 29.3 Å². The van der Waals surface area contributed by atoms with Crippen LogP contribution in [0.4, 0.5) is 8.78 Å². The van der Waals surface area contributed by atoms with Crippen molar-refractivity contribution >= 4 is 11.4 Å². The van der Waals surface area contributed by atoms with Crippen molar-refractivity contribution < 1.29 is 18.3 Å². The van der Waals surface area contributed by atoms with Gasteiger partial charge in [-0.3, -0.25) is 4.79 Å². The number of halogens is 2. The van der Waals surface area contributed by atoms with Crippen molar-refractivity contribution in [1.82, 2.24) is 14.9 Å². The Hall–Kier alpha value is -2.80. The van der Waals surface area contributed by atoms with E-state index < -0.39 is 11.6 Å². The normalized spacial score (nSPS) is 19.0. The van der Waals surface area contributed by atoms with Crippen LogP contribution in [0, 0.1) is 24.5 Å². The van der Waals surface area contributed by atoms with E-state index in [9.17, 15) is 13.6 Å². The van der Waals surface area contributed by atoms with Crippen molar-refractivity contribution in [1.29, 1.82) is 0 Å². The van der Waals surface area contributed by atoms with Gasteiger partial charge in [0.1, 0.15) is 11.6 Å². The van der Waals surface area contributed by atoms with Crippen LogP contribution in [0.15, 0.2) is 30.3 Å². The van der Waals surface area contributed by atoms with Gasteiger partial charge in [-0.15, -0.1) is 0 Å². The Morgan fingerprint density at radius 1 is 1.17 bits per heavy atom. The van der Waals surface area contributed by atoms with Gasteiger partial charge in [-0.1, -0.05) is 26.8 Å². The lowest BCUT2D eigenvalue weighted by molar-refractivity contribution is 0.0924. The summed E-state index contributed by atoms with van der Waals surface area (Å²) in [5.41, 5.74) is 2.55. The van der Waals surface area contributed by atoms with Gasteiger partial charge in [0, 0.05) is 11.5 Å². The van der Waals surface area contributed by atoms with E-state index in [2.05, 4.69) is 10.4 Å². The molecule has 1 aliphatic rings. The number of ether oxygens (including phenoxy) is 1. The van der Waals surface area contributed by atoms with E-state index in [1.54, 1.807) is 23.6 Å². The summed E-state index contributed by atoms with van der Waals surface area (Å²) in [6.07, 6.45) is 0. The lowest BCUT2D eigenvalue weighted by Gasteiger charge is -2.19. The van der Waals surface area contributed by atoms with Gasteiger partial charge in [0.25, 0.3) is 5.91 Å². The fourth-order valence-corrected chi connectivity index (χ4v) is 4.13. The Labute approximate surface area is 174 Å². The Balaban J connectivity index is 1.86. The molecule has 7 heteroatoms. The maximum Gasteiger partial charge on any atom is 0.253 e. The minimum atomic E-state index is -0.642. The Morgan fingerprint density at radius 3 is 2.47 bits per heavy atom. The van der Waals surface area contributed by atoms with Gasteiger partial charge in [0.05, 0.1) is 47.3 Å². The molecule has 2 aromatic heterocycles. The fraction of sp³-hybridized carbons (Fsp3) is 0.391. The zero-order valence-electron chi connectivity index (χ0n) is 17.5. The molecule has 1 N–H and O–H groups in total. The average Bonchev–Trinajstić information content (AvgIpc) is 3.23. The molecule has 3 aromatic rings. The number of carbonyl (C=O) groups is 1. The van der Waals surface area contributed by atoms with Crippen molar-refractivity contribution in [2.45, 2.75) is 39.7 Å². The summed E-state index contributed by atoms with van der Waals surface area (Å²) in [5, 5.41) is 7.61. The molecular weight excluding hydrogens is 388 g/mol. The van der Waals surface area contributed by atoms with Crippen molar-refractivity contribution in [2.24, 2.45) is 5.92 Å². The topological polar surface area (TPSA) is 55.6 Å². The number of amides is 1. The first-order valence-electron chi connectivity index (χ1n) is 10.1. The van der Waals surface area contributed by atoms with Crippen molar-refractivity contribution in [2.75, 3.05) is 13.2 Å². The van der Waals surface area contributed by atoms with E-state index >= 15 is 0 Å². The standard InChI is InChI=1S/C23H25F2N3O2/c1-12(2)22-15(23(29)26-18-11-30-10-13(18)3)8-9-19-20(14(4)27-28(19)22)21-16(24)6-5-7-17(21)25/h5-9,12-13,18H,10-11H2,1-4H3,(H,26,29)/t13-,18+/m1/s1. The van der Waals surface area contributed by atoms with Crippen LogP contribution in [0.25, 0.3) is 16.6 Å². The number of benzene rings is 1. The Kier molecular flexibility index (Phi) is 5.32. The molecule has 0 radical (unpaired) electrons. The van der Waals surface area contributed by atoms with Crippen LogP contribution in [0.5, 0.6) is 0 Å². The highest BCUT2D eigenvalue weighted by Gasteiger charge is 2.29. The van der Waals surface area contributed by atoms with E-state index in [1.165, 1.54) is 18.2 Å². The largest absolute Gasteiger partial charge is 0.379 e. The molecule has 0 bridgehead atoms. The molecule has 30 heavy (non-hydrogen) atoms. The molecule has 0 aliphatic carbocycles. The lowest BCUT2D eigenvalue weighted by Crippen LogP contribution is -2.39. The number of hydrogen-bond donors (Lipinski definition) is 1. The minimum Gasteiger partial charge on any atom is -0.379 e. The van der Waals surface area contributed by atoms with Crippen LogP contribution in [-0.2, 0) is 4.74 Å². The molecule has 1 aromatic carbocycles. The molecule has 4 rings (SSSR count). The number of carbonyl (C=O) groups excluding carboxylic acids is 1. The van der Waals surface area contributed by atoms with Gasteiger partial charge < -0.3 is 10.1 Å². The molecule has 1 amide bonds. The number of nitrogens with zero attached hydrogens (tertiary/aromatic N) is 2. The lowest BCUT2D eigenvalue weighted by atomic mass is 9.99. The summed E-state index contributed by atoms with van der Waals surface area (Å²) in [6.45, 7) is 8.80. The Bertz CT molecular complexity index is 1100. The number of pyridine rings is 1. The molecule has 2 atom stereocenters. The molecular formula is C23H25F2N3O2. The predicted octanol–water partition coefficient (Wildman–Crippen LogP) is 4.48. The number of hydrogen-bond acceptors (Lipinski definition) is 3. The quantitative estimate of drug-likeness (QED) is 0.686. The first-order chi connectivity index (χ1) is 14.3. The van der Waals surface area contributed by atoms with Crippen LogP contribution in [0.1, 0.15) is 48.4 Å². The van der Waals surface area contributed by atoms with Crippen LogP contribution >= 0.6 is 0 Å². The minimum absolute atomic E-state index is 0.0377.